The predicted molar refractivity (Wildman–Crippen MR) is 242 cm³/mol. The van der Waals surface area contributed by atoms with Gasteiger partial charge in [-0.25, -0.2) is 13.1 Å². The number of nitrogens with one attached hydrogen (secondary N) is 7. The van der Waals surface area contributed by atoms with Gasteiger partial charge >= 0.3 is 0 Å². The standard InChI is InChI=1S/C47H59N9O8S/c1-65(63,64)50-21-18-35-44(60)55-22-10-17-39(55)45(61)56-38-16-7-2-11-28(38)25-40(56)43(59)52-37(24-30-27-49-34-15-6-4-13-32(30)34)42(58)54-47(19-8-9-20-47)46(62)53-36(41(57)51-35)23-29-26-48-33-14-5-3-12-31(29)33/h3-6,12-15,26-28,35-40,48-50H,2,7-11,16-25H2,1H3,(H,51,57)(H,52,59)(H,53,62)(H,54,58)/t28-,35-,36-,37-,38-,39+,40-/m0/s1. The zero-order chi connectivity index (χ0) is 45.5. The lowest BCUT2D eigenvalue weighted by Gasteiger charge is -2.38. The first kappa shape index (κ1) is 44.5. The second-order valence-electron chi connectivity index (χ2n) is 18.8. The molecule has 5 aliphatic rings. The molecule has 2 aromatic carbocycles. The van der Waals surface area contributed by atoms with Crippen molar-refractivity contribution < 1.29 is 37.2 Å². The van der Waals surface area contributed by atoms with Crippen molar-refractivity contribution in [1.82, 2.24) is 45.8 Å². The number of fused-ring (bicyclic) bond motifs is 6. The van der Waals surface area contributed by atoms with Crippen LogP contribution >= 0.6 is 0 Å². The van der Waals surface area contributed by atoms with Crippen molar-refractivity contribution in [2.75, 3.05) is 19.3 Å². The molecule has 1 spiro atoms. The Morgan fingerprint density at radius 2 is 1.29 bits per heavy atom. The SMILES string of the molecule is CS(=O)(=O)NCC[C@@H]1NC(=O)[C@H](Cc2c[nH]c3ccccc23)NC(=O)C2(CCCC2)NC(=O)[C@H](Cc2c[nH]c3ccccc23)NC(=O)[C@@H]2C[C@@H]3CCCC[C@@H]3N2C(=O)[C@H]2CCCN2C1=O. The second kappa shape index (κ2) is 18.3. The number of carbonyl (C=O) groups is 6. The molecule has 5 heterocycles. The van der Waals surface area contributed by atoms with Crippen LogP contribution in [0.25, 0.3) is 21.8 Å². The summed E-state index contributed by atoms with van der Waals surface area (Å²) in [6, 6.07) is 9.47. The molecule has 3 saturated heterocycles. The molecule has 65 heavy (non-hydrogen) atoms. The van der Waals surface area contributed by atoms with Crippen LogP contribution in [0, 0.1) is 5.92 Å². The Bertz CT molecular complexity index is 2600. The number of rotatable bonds is 8. The fourth-order valence-electron chi connectivity index (χ4n) is 11.3. The number of sulfonamides is 1. The summed E-state index contributed by atoms with van der Waals surface area (Å²) >= 11 is 0. The molecule has 5 fully saturated rings. The molecule has 9 rings (SSSR count). The minimum atomic E-state index is -3.67. The molecule has 346 valence electrons. The molecule has 7 N–H and O–H groups in total. The molecular weight excluding hydrogens is 851 g/mol. The third-order valence-electron chi connectivity index (χ3n) is 14.6. The zero-order valence-corrected chi connectivity index (χ0v) is 37.5. The number of carbonyl (C=O) groups excluding carboxylic acids is 6. The highest BCUT2D eigenvalue weighted by Crippen LogP contribution is 2.41. The minimum Gasteiger partial charge on any atom is -0.361 e. The fraction of sp³-hybridized carbons (Fsp3) is 0.532. The van der Waals surface area contributed by atoms with E-state index in [9.17, 15) is 32.4 Å². The maximum absolute atomic E-state index is 15.1. The van der Waals surface area contributed by atoms with Gasteiger partial charge in [0.25, 0.3) is 0 Å². The van der Waals surface area contributed by atoms with Crippen LogP contribution in [0.2, 0.25) is 0 Å². The van der Waals surface area contributed by atoms with Crippen LogP contribution in [0.1, 0.15) is 88.2 Å². The van der Waals surface area contributed by atoms with E-state index < -0.39 is 75.3 Å². The third-order valence-corrected chi connectivity index (χ3v) is 15.3. The van der Waals surface area contributed by atoms with Gasteiger partial charge in [-0.05, 0) is 80.5 Å². The third kappa shape index (κ3) is 9.11. The van der Waals surface area contributed by atoms with Gasteiger partial charge in [0.1, 0.15) is 35.7 Å². The summed E-state index contributed by atoms with van der Waals surface area (Å²) in [6.45, 7) is 0.0270. The summed E-state index contributed by atoms with van der Waals surface area (Å²) in [7, 11) is -3.67. The summed E-state index contributed by atoms with van der Waals surface area (Å²) in [5, 5.41) is 13.7. The van der Waals surface area contributed by atoms with Crippen LogP contribution in [0.5, 0.6) is 0 Å². The zero-order valence-electron chi connectivity index (χ0n) is 36.7. The number of benzene rings is 2. The first-order valence-corrected chi connectivity index (χ1v) is 25.1. The number of hydrogen-bond acceptors (Lipinski definition) is 8. The second-order valence-corrected chi connectivity index (χ2v) is 20.6. The molecule has 0 radical (unpaired) electrons. The Morgan fingerprint density at radius 1 is 0.677 bits per heavy atom. The summed E-state index contributed by atoms with van der Waals surface area (Å²) in [4.78, 5) is 99.0. The van der Waals surface area contributed by atoms with Crippen molar-refractivity contribution >= 4 is 67.3 Å². The molecule has 18 heteroatoms. The molecule has 0 unspecified atom stereocenters. The number of H-pyrrole nitrogens is 2. The van der Waals surface area contributed by atoms with Crippen LogP contribution in [0.3, 0.4) is 0 Å². The Labute approximate surface area is 378 Å². The maximum atomic E-state index is 15.1. The largest absolute Gasteiger partial charge is 0.361 e. The molecular formula is C47H59N9O8S. The number of aromatic nitrogens is 2. The predicted octanol–water partition coefficient (Wildman–Crippen LogP) is 2.42. The molecule has 17 nitrogen and oxygen atoms in total. The van der Waals surface area contributed by atoms with E-state index in [-0.39, 0.29) is 63.1 Å². The van der Waals surface area contributed by atoms with Crippen molar-refractivity contribution in [2.24, 2.45) is 5.92 Å². The monoisotopic (exact) mass is 909 g/mol. The van der Waals surface area contributed by atoms with Crippen molar-refractivity contribution in [3.63, 3.8) is 0 Å². The molecule has 7 atom stereocenters. The van der Waals surface area contributed by atoms with Gasteiger partial charge in [-0.3, -0.25) is 28.8 Å². The average Bonchev–Trinajstić information content (AvgIpc) is 4.15. The van der Waals surface area contributed by atoms with Gasteiger partial charge in [0.05, 0.1) is 6.26 Å². The Balaban J connectivity index is 1.12. The topological polar surface area (TPSA) is 235 Å². The van der Waals surface area contributed by atoms with E-state index >= 15 is 4.79 Å². The van der Waals surface area contributed by atoms with Gasteiger partial charge in [0.15, 0.2) is 0 Å². The molecule has 3 aliphatic heterocycles. The fourth-order valence-corrected chi connectivity index (χ4v) is 11.8. The quantitative estimate of drug-likeness (QED) is 0.138. The highest BCUT2D eigenvalue weighted by molar-refractivity contribution is 7.88. The minimum absolute atomic E-state index is 0.0110. The van der Waals surface area contributed by atoms with Gasteiger partial charge in [0.2, 0.25) is 45.5 Å². The Kier molecular flexibility index (Phi) is 12.5. The summed E-state index contributed by atoms with van der Waals surface area (Å²) in [5.41, 5.74) is 1.76. The summed E-state index contributed by atoms with van der Waals surface area (Å²) in [5.74, 6) is -3.13. The van der Waals surface area contributed by atoms with Crippen molar-refractivity contribution in [1.29, 1.82) is 0 Å². The number of para-hydroxylation sites is 2. The van der Waals surface area contributed by atoms with Crippen LogP contribution in [0.15, 0.2) is 60.9 Å². The lowest BCUT2D eigenvalue weighted by atomic mass is 9.84. The lowest BCUT2D eigenvalue weighted by molar-refractivity contribution is -0.150. The van der Waals surface area contributed by atoms with Crippen molar-refractivity contribution in [3.05, 3.63) is 72.1 Å². The molecule has 2 aromatic heterocycles. The number of amides is 6. The van der Waals surface area contributed by atoms with E-state index in [0.717, 1.165) is 58.5 Å². The first-order valence-electron chi connectivity index (χ1n) is 23.2. The Hall–Kier alpha value is -5.75. The van der Waals surface area contributed by atoms with Crippen LogP contribution in [-0.4, -0.2) is 125 Å². The van der Waals surface area contributed by atoms with Crippen LogP contribution in [-0.2, 0) is 51.6 Å². The molecule has 0 bridgehead atoms. The highest BCUT2D eigenvalue weighted by atomic mass is 32.2. The van der Waals surface area contributed by atoms with Crippen molar-refractivity contribution in [3.8, 4) is 0 Å². The van der Waals surface area contributed by atoms with E-state index in [1.165, 1.54) is 4.90 Å². The van der Waals surface area contributed by atoms with E-state index in [2.05, 4.69) is 36.0 Å². The normalized spacial score (nSPS) is 28.0. The summed E-state index contributed by atoms with van der Waals surface area (Å²) in [6.07, 6.45) is 11.0. The van der Waals surface area contributed by atoms with E-state index in [0.29, 0.717) is 38.5 Å². The number of aromatic amines is 2. The average molecular weight is 910 g/mol. The van der Waals surface area contributed by atoms with E-state index in [1.807, 2.05) is 54.7 Å². The van der Waals surface area contributed by atoms with Crippen molar-refractivity contribution in [2.45, 2.75) is 132 Å². The van der Waals surface area contributed by atoms with Gasteiger partial charge in [-0.1, -0.05) is 62.1 Å². The molecule has 2 aliphatic carbocycles. The lowest BCUT2D eigenvalue weighted by Crippen LogP contribution is -2.65. The van der Waals surface area contributed by atoms with Gasteiger partial charge in [-0.15, -0.1) is 0 Å². The van der Waals surface area contributed by atoms with Gasteiger partial charge in [0, 0.05) is 66.2 Å². The molecule has 4 aromatic rings. The maximum Gasteiger partial charge on any atom is 0.246 e. The van der Waals surface area contributed by atoms with Gasteiger partial charge < -0.3 is 41.0 Å². The molecule has 2 saturated carbocycles. The molecule has 6 amide bonds. The number of nitrogens with zero attached hydrogens (tertiary/aromatic N) is 2. The van der Waals surface area contributed by atoms with Crippen LogP contribution in [0.4, 0.5) is 0 Å². The highest BCUT2D eigenvalue weighted by Gasteiger charge is 2.52. The van der Waals surface area contributed by atoms with E-state index in [1.54, 1.807) is 11.1 Å². The smallest absolute Gasteiger partial charge is 0.246 e. The van der Waals surface area contributed by atoms with Crippen LogP contribution < -0.4 is 26.0 Å². The number of hydrogen-bond donors (Lipinski definition) is 7. The van der Waals surface area contributed by atoms with Gasteiger partial charge in [-0.2, -0.15) is 0 Å². The first-order chi connectivity index (χ1) is 31.3. The van der Waals surface area contributed by atoms with E-state index in [4.69, 9.17) is 0 Å². The Morgan fingerprint density at radius 3 is 1.95 bits per heavy atom. The summed E-state index contributed by atoms with van der Waals surface area (Å²) < 4.78 is 26.8.